The van der Waals surface area contributed by atoms with Crippen LogP contribution in [0.2, 0.25) is 0 Å². The van der Waals surface area contributed by atoms with Crippen molar-refractivity contribution in [2.75, 3.05) is 14.2 Å². The van der Waals surface area contributed by atoms with Crippen LogP contribution in [0.3, 0.4) is 0 Å². The van der Waals surface area contributed by atoms with Crippen LogP contribution in [-0.4, -0.2) is 20.5 Å². The highest BCUT2D eigenvalue weighted by molar-refractivity contribution is 5.89. The molecule has 0 aliphatic heterocycles. The van der Waals surface area contributed by atoms with E-state index in [4.69, 9.17) is 9.47 Å². The number of aldehydes is 1. The molecule has 0 spiro atoms. The van der Waals surface area contributed by atoms with Gasteiger partial charge in [0.05, 0.1) is 19.8 Å². The molecule has 0 heterocycles. The van der Waals surface area contributed by atoms with E-state index in [1.54, 1.807) is 30.3 Å². The van der Waals surface area contributed by atoms with Gasteiger partial charge in [0.2, 0.25) is 0 Å². The lowest BCUT2D eigenvalue weighted by Gasteiger charge is -2.20. The van der Waals surface area contributed by atoms with Gasteiger partial charge in [0.1, 0.15) is 17.1 Å². The molecule has 0 unspecified atom stereocenters. The summed E-state index contributed by atoms with van der Waals surface area (Å²) in [4.78, 5) is 11.2. The quantitative estimate of drug-likeness (QED) is 0.794. The van der Waals surface area contributed by atoms with Crippen molar-refractivity contribution in [3.05, 3.63) is 47.5 Å². The summed E-state index contributed by atoms with van der Waals surface area (Å²) in [5.41, 5.74) is -1.02. The summed E-state index contributed by atoms with van der Waals surface area (Å²) in [6.07, 6.45) is -4.39. The average Bonchev–Trinajstić information content (AvgIpc) is 2.52. The van der Waals surface area contributed by atoms with Crippen LogP contribution in [0.5, 0.6) is 11.5 Å². The number of hydrogen-bond acceptors (Lipinski definition) is 3. The van der Waals surface area contributed by atoms with Crippen molar-refractivity contribution < 1.29 is 27.4 Å². The number of carbonyl (C=O) groups is 1. The van der Waals surface area contributed by atoms with Crippen LogP contribution in [0, 0.1) is 0 Å². The number of alkyl halides is 3. The normalized spacial score (nSPS) is 11.1. The Bertz CT molecular complexity index is 679. The van der Waals surface area contributed by atoms with Gasteiger partial charge in [-0.2, -0.15) is 13.2 Å². The lowest BCUT2D eigenvalue weighted by Crippen LogP contribution is -2.12. The van der Waals surface area contributed by atoms with Crippen molar-refractivity contribution in [1.82, 2.24) is 0 Å². The van der Waals surface area contributed by atoms with Gasteiger partial charge >= 0.3 is 6.18 Å². The van der Waals surface area contributed by atoms with Gasteiger partial charge in [0.25, 0.3) is 0 Å². The summed E-state index contributed by atoms with van der Waals surface area (Å²) < 4.78 is 50.4. The monoisotopic (exact) mass is 310 g/mol. The Hall–Kier alpha value is -2.50. The van der Waals surface area contributed by atoms with Crippen LogP contribution in [-0.2, 0) is 6.18 Å². The largest absolute Gasteiger partial charge is 0.496 e. The molecule has 2 rings (SSSR count). The molecule has 0 bridgehead atoms. The summed E-state index contributed by atoms with van der Waals surface area (Å²) in [5, 5.41) is 0. The summed E-state index contributed by atoms with van der Waals surface area (Å²) in [7, 11) is 2.37. The maximum absolute atomic E-state index is 13.5. The number of halogens is 3. The van der Waals surface area contributed by atoms with Crippen molar-refractivity contribution in [1.29, 1.82) is 0 Å². The zero-order valence-corrected chi connectivity index (χ0v) is 11.9. The van der Waals surface area contributed by atoms with E-state index in [9.17, 15) is 18.0 Å². The van der Waals surface area contributed by atoms with Crippen LogP contribution in [0.15, 0.2) is 36.4 Å². The Balaban J connectivity index is 2.90. The second kappa shape index (κ2) is 6.09. The number of rotatable bonds is 4. The van der Waals surface area contributed by atoms with Crippen LogP contribution in [0.1, 0.15) is 15.9 Å². The molecule has 0 saturated heterocycles. The van der Waals surface area contributed by atoms with Gasteiger partial charge in [-0.1, -0.05) is 30.3 Å². The fraction of sp³-hybridized carbons (Fsp3) is 0.188. The highest BCUT2D eigenvalue weighted by Crippen LogP contribution is 2.47. The van der Waals surface area contributed by atoms with Gasteiger partial charge in [-0.3, -0.25) is 4.79 Å². The van der Waals surface area contributed by atoms with Crippen LogP contribution < -0.4 is 9.47 Å². The molecule has 0 amide bonds. The van der Waals surface area contributed by atoms with Gasteiger partial charge in [-0.05, 0) is 11.6 Å². The minimum atomic E-state index is -4.68. The van der Waals surface area contributed by atoms with E-state index in [1.165, 1.54) is 13.2 Å². The molecule has 6 heteroatoms. The van der Waals surface area contributed by atoms with Crippen molar-refractivity contribution in [3.8, 4) is 22.6 Å². The Morgan fingerprint density at radius 3 is 2.14 bits per heavy atom. The second-order valence-electron chi connectivity index (χ2n) is 4.43. The molecule has 22 heavy (non-hydrogen) atoms. The Labute approximate surface area is 125 Å². The maximum atomic E-state index is 13.5. The molecule has 0 saturated carbocycles. The van der Waals surface area contributed by atoms with E-state index >= 15 is 0 Å². The molecule has 0 radical (unpaired) electrons. The van der Waals surface area contributed by atoms with E-state index in [-0.39, 0.29) is 16.9 Å². The van der Waals surface area contributed by atoms with Crippen LogP contribution >= 0.6 is 0 Å². The zero-order chi connectivity index (χ0) is 16.3. The molecule has 0 atom stereocenters. The summed E-state index contributed by atoms with van der Waals surface area (Å²) in [6.45, 7) is 0. The lowest BCUT2D eigenvalue weighted by atomic mass is 9.95. The molecular formula is C16H13F3O3. The first-order chi connectivity index (χ1) is 10.4. The number of methoxy groups -OCH3 is 2. The van der Waals surface area contributed by atoms with Gasteiger partial charge in [-0.15, -0.1) is 0 Å². The number of hydrogen-bond donors (Lipinski definition) is 0. The average molecular weight is 310 g/mol. The molecule has 0 fully saturated rings. The predicted octanol–water partition coefficient (Wildman–Crippen LogP) is 4.20. The molecule has 2 aromatic carbocycles. The van der Waals surface area contributed by atoms with Crippen molar-refractivity contribution in [2.45, 2.75) is 6.18 Å². The topological polar surface area (TPSA) is 35.5 Å². The molecule has 0 N–H and O–H groups in total. The zero-order valence-electron chi connectivity index (χ0n) is 11.9. The maximum Gasteiger partial charge on any atom is 0.420 e. The Kier molecular flexibility index (Phi) is 4.40. The molecule has 0 aromatic heterocycles. The lowest BCUT2D eigenvalue weighted by molar-refractivity contribution is -0.138. The molecule has 2 aromatic rings. The summed E-state index contributed by atoms with van der Waals surface area (Å²) in [5.74, 6) is -0.514. The minimum absolute atomic E-state index is 0.0266. The van der Waals surface area contributed by atoms with E-state index in [2.05, 4.69) is 0 Å². The number of benzene rings is 2. The van der Waals surface area contributed by atoms with Crippen LogP contribution in [0.25, 0.3) is 11.1 Å². The Morgan fingerprint density at radius 1 is 1.05 bits per heavy atom. The summed E-state index contributed by atoms with van der Waals surface area (Å²) >= 11 is 0. The van der Waals surface area contributed by atoms with Crippen LogP contribution in [0.4, 0.5) is 13.2 Å². The van der Waals surface area contributed by atoms with E-state index < -0.39 is 17.5 Å². The fourth-order valence-corrected chi connectivity index (χ4v) is 2.27. The third-order valence-electron chi connectivity index (χ3n) is 3.19. The van der Waals surface area contributed by atoms with Gasteiger partial charge < -0.3 is 9.47 Å². The number of carbonyl (C=O) groups excluding carboxylic acids is 1. The third kappa shape index (κ3) is 2.77. The molecular weight excluding hydrogens is 297 g/mol. The molecule has 3 nitrogen and oxygen atoms in total. The predicted molar refractivity (Wildman–Crippen MR) is 75.4 cm³/mol. The third-order valence-corrected chi connectivity index (χ3v) is 3.19. The van der Waals surface area contributed by atoms with E-state index in [0.717, 1.165) is 7.11 Å². The van der Waals surface area contributed by atoms with E-state index in [1.807, 2.05) is 0 Å². The second-order valence-corrected chi connectivity index (χ2v) is 4.43. The van der Waals surface area contributed by atoms with Crippen molar-refractivity contribution in [3.63, 3.8) is 0 Å². The van der Waals surface area contributed by atoms with Crippen molar-refractivity contribution in [2.24, 2.45) is 0 Å². The van der Waals surface area contributed by atoms with Gasteiger partial charge in [0, 0.05) is 5.56 Å². The molecule has 0 aliphatic carbocycles. The number of ether oxygens (including phenoxy) is 2. The fourth-order valence-electron chi connectivity index (χ4n) is 2.27. The van der Waals surface area contributed by atoms with Gasteiger partial charge in [0.15, 0.2) is 6.29 Å². The first-order valence-electron chi connectivity index (χ1n) is 6.30. The SMILES string of the molecule is COc1cc(-c2ccccc2)c(C(F)(F)F)c(OC)c1C=O. The van der Waals surface area contributed by atoms with Gasteiger partial charge in [-0.25, -0.2) is 0 Å². The highest BCUT2D eigenvalue weighted by Gasteiger charge is 2.39. The standard InChI is InChI=1S/C16H13F3O3/c1-21-13-8-11(10-6-4-3-5-7-10)14(16(17,18)19)15(22-2)12(13)9-20/h3-9H,1-2H3. The molecule has 0 aliphatic rings. The molecule has 116 valence electrons. The minimum Gasteiger partial charge on any atom is -0.496 e. The first kappa shape index (κ1) is 15.9. The van der Waals surface area contributed by atoms with E-state index in [0.29, 0.717) is 11.8 Å². The summed E-state index contributed by atoms with van der Waals surface area (Å²) in [6, 6.07) is 9.24. The van der Waals surface area contributed by atoms with Crippen molar-refractivity contribution >= 4 is 6.29 Å². The highest BCUT2D eigenvalue weighted by atomic mass is 19.4. The Morgan fingerprint density at radius 2 is 1.68 bits per heavy atom. The first-order valence-corrected chi connectivity index (χ1v) is 6.30. The smallest absolute Gasteiger partial charge is 0.420 e.